The Kier molecular flexibility index (Phi) is 4.77. The number of benzene rings is 1. The van der Waals surface area contributed by atoms with Crippen molar-refractivity contribution < 1.29 is 8.42 Å². The lowest BCUT2D eigenvalue weighted by atomic mass is 10.2. The average Bonchev–Trinajstić information content (AvgIpc) is 2.81. The van der Waals surface area contributed by atoms with E-state index in [1.807, 2.05) is 6.92 Å². The topological polar surface area (TPSA) is 46.2 Å². The maximum Gasteiger partial charge on any atom is 0.184 e. The molecular formula is C13H17Cl2NO2S. The van der Waals surface area contributed by atoms with E-state index in [4.69, 9.17) is 23.2 Å². The van der Waals surface area contributed by atoms with Gasteiger partial charge in [0.1, 0.15) is 0 Å². The minimum atomic E-state index is -3.44. The highest BCUT2D eigenvalue weighted by Gasteiger charge is 2.38. The van der Waals surface area contributed by atoms with Crippen molar-refractivity contribution >= 4 is 33.0 Å². The maximum atomic E-state index is 12.7. The van der Waals surface area contributed by atoms with E-state index >= 15 is 0 Å². The maximum absolute atomic E-state index is 12.7. The van der Waals surface area contributed by atoms with Gasteiger partial charge in [0.25, 0.3) is 0 Å². The minimum absolute atomic E-state index is 0.00467. The average molecular weight is 322 g/mol. The van der Waals surface area contributed by atoms with Crippen LogP contribution in [0.3, 0.4) is 0 Å². The van der Waals surface area contributed by atoms with Crippen LogP contribution in [0.1, 0.15) is 26.2 Å². The Bertz CT molecular complexity index is 560. The monoisotopic (exact) mass is 321 g/mol. The van der Waals surface area contributed by atoms with Crippen LogP contribution in [-0.4, -0.2) is 26.3 Å². The van der Waals surface area contributed by atoms with E-state index in [0.29, 0.717) is 11.4 Å². The number of rotatable bonds is 4. The second-order valence-electron chi connectivity index (χ2n) is 4.75. The largest absolute Gasteiger partial charge is 0.313 e. The summed E-state index contributed by atoms with van der Waals surface area (Å²) in [6.07, 6.45) is 2.47. The van der Waals surface area contributed by atoms with Gasteiger partial charge in [-0.1, -0.05) is 36.5 Å². The van der Waals surface area contributed by atoms with Crippen molar-refractivity contribution in [2.75, 3.05) is 6.54 Å². The van der Waals surface area contributed by atoms with Crippen molar-refractivity contribution in [3.05, 3.63) is 28.2 Å². The molecule has 6 heteroatoms. The van der Waals surface area contributed by atoms with Gasteiger partial charge < -0.3 is 5.32 Å². The molecule has 1 N–H and O–H groups in total. The summed E-state index contributed by atoms with van der Waals surface area (Å²) >= 11 is 11.9. The van der Waals surface area contributed by atoms with Crippen LogP contribution in [-0.2, 0) is 9.84 Å². The van der Waals surface area contributed by atoms with Gasteiger partial charge in [0.15, 0.2) is 9.84 Å². The highest BCUT2D eigenvalue weighted by Crippen LogP contribution is 2.34. The Hall–Kier alpha value is -0.290. The summed E-state index contributed by atoms with van der Waals surface area (Å²) in [5.74, 6) is 0. The molecule has 2 rings (SSSR count). The summed E-state index contributed by atoms with van der Waals surface area (Å²) in [4.78, 5) is 0.150. The van der Waals surface area contributed by atoms with Gasteiger partial charge in [0.05, 0.1) is 15.2 Å². The van der Waals surface area contributed by atoms with Crippen LogP contribution in [0, 0.1) is 0 Å². The predicted molar refractivity (Wildman–Crippen MR) is 78.8 cm³/mol. The number of nitrogens with one attached hydrogen (secondary N) is 1. The zero-order valence-corrected chi connectivity index (χ0v) is 13.0. The molecule has 2 atom stereocenters. The van der Waals surface area contributed by atoms with E-state index in [-0.39, 0.29) is 16.0 Å². The highest BCUT2D eigenvalue weighted by atomic mass is 35.5. The fourth-order valence-electron chi connectivity index (χ4n) is 2.65. The van der Waals surface area contributed by atoms with E-state index in [1.54, 1.807) is 6.07 Å². The molecule has 0 heterocycles. The van der Waals surface area contributed by atoms with Gasteiger partial charge in [-0.05, 0) is 37.6 Å². The quantitative estimate of drug-likeness (QED) is 0.925. The van der Waals surface area contributed by atoms with Crippen molar-refractivity contribution in [2.45, 2.75) is 42.4 Å². The highest BCUT2D eigenvalue weighted by molar-refractivity contribution is 7.92. The van der Waals surface area contributed by atoms with E-state index < -0.39 is 15.1 Å². The Balaban J connectivity index is 2.39. The van der Waals surface area contributed by atoms with Crippen LogP contribution in [0.4, 0.5) is 0 Å². The molecule has 1 aromatic carbocycles. The lowest BCUT2D eigenvalue weighted by molar-refractivity contribution is 0.517. The first kappa shape index (κ1) is 15.1. The molecule has 0 amide bonds. The van der Waals surface area contributed by atoms with E-state index in [9.17, 15) is 8.42 Å². The fraction of sp³-hybridized carbons (Fsp3) is 0.538. The van der Waals surface area contributed by atoms with Gasteiger partial charge in [-0.2, -0.15) is 0 Å². The number of hydrogen-bond donors (Lipinski definition) is 1. The molecule has 0 saturated heterocycles. The zero-order valence-electron chi connectivity index (χ0n) is 10.7. The summed E-state index contributed by atoms with van der Waals surface area (Å²) in [5.41, 5.74) is 0. The summed E-state index contributed by atoms with van der Waals surface area (Å²) in [7, 11) is -3.44. The lowest BCUT2D eigenvalue weighted by Crippen LogP contribution is -2.40. The standard InChI is InChI=1S/C13H17Cl2NO2S/c1-2-16-11-4-3-5-12(11)19(17,18)13-8-9(14)6-7-10(13)15/h6-8,11-12,16H,2-5H2,1H3. The normalized spacial score (nSPS) is 23.7. The molecule has 19 heavy (non-hydrogen) atoms. The Morgan fingerprint density at radius 2 is 2.05 bits per heavy atom. The van der Waals surface area contributed by atoms with Crippen LogP contribution >= 0.6 is 23.2 Å². The van der Waals surface area contributed by atoms with Crippen LogP contribution in [0.5, 0.6) is 0 Å². The SMILES string of the molecule is CCNC1CCCC1S(=O)(=O)c1cc(Cl)ccc1Cl. The number of hydrogen-bond acceptors (Lipinski definition) is 3. The molecule has 106 valence electrons. The first-order chi connectivity index (χ1) is 8.96. The van der Waals surface area contributed by atoms with Gasteiger partial charge in [-0.3, -0.25) is 0 Å². The Morgan fingerprint density at radius 3 is 2.74 bits per heavy atom. The van der Waals surface area contributed by atoms with Gasteiger partial charge >= 0.3 is 0 Å². The van der Waals surface area contributed by atoms with Gasteiger partial charge in [0, 0.05) is 11.1 Å². The van der Waals surface area contributed by atoms with Crippen LogP contribution in [0.2, 0.25) is 10.0 Å². The van der Waals surface area contributed by atoms with E-state index in [0.717, 1.165) is 19.4 Å². The van der Waals surface area contributed by atoms with Crippen molar-refractivity contribution in [1.82, 2.24) is 5.32 Å². The Morgan fingerprint density at radius 1 is 1.32 bits per heavy atom. The smallest absolute Gasteiger partial charge is 0.184 e. The third-order valence-electron chi connectivity index (χ3n) is 3.52. The lowest BCUT2D eigenvalue weighted by Gasteiger charge is -2.21. The third-order valence-corrected chi connectivity index (χ3v) is 6.51. The molecular weight excluding hydrogens is 305 g/mol. The number of halogens is 2. The molecule has 1 saturated carbocycles. The predicted octanol–water partition coefficient (Wildman–Crippen LogP) is 3.30. The van der Waals surface area contributed by atoms with Gasteiger partial charge in [-0.15, -0.1) is 0 Å². The molecule has 1 fully saturated rings. The molecule has 1 aliphatic rings. The van der Waals surface area contributed by atoms with Crippen LogP contribution in [0.15, 0.2) is 23.1 Å². The second kappa shape index (κ2) is 6.00. The van der Waals surface area contributed by atoms with Gasteiger partial charge in [-0.25, -0.2) is 8.42 Å². The third kappa shape index (κ3) is 3.07. The first-order valence-corrected chi connectivity index (χ1v) is 8.69. The Labute approximate surface area is 124 Å². The second-order valence-corrected chi connectivity index (χ2v) is 7.73. The van der Waals surface area contributed by atoms with E-state index in [2.05, 4.69) is 5.32 Å². The first-order valence-electron chi connectivity index (χ1n) is 6.39. The molecule has 3 nitrogen and oxygen atoms in total. The van der Waals surface area contributed by atoms with Crippen molar-refractivity contribution in [2.24, 2.45) is 0 Å². The van der Waals surface area contributed by atoms with Crippen molar-refractivity contribution in [1.29, 1.82) is 0 Å². The molecule has 2 unspecified atom stereocenters. The molecule has 0 aliphatic heterocycles. The molecule has 0 radical (unpaired) electrons. The minimum Gasteiger partial charge on any atom is -0.313 e. The summed E-state index contributed by atoms with van der Waals surface area (Å²) in [6, 6.07) is 4.58. The van der Waals surface area contributed by atoms with Crippen molar-refractivity contribution in [3.8, 4) is 0 Å². The summed E-state index contributed by atoms with van der Waals surface area (Å²) in [6.45, 7) is 2.74. The summed E-state index contributed by atoms with van der Waals surface area (Å²) in [5, 5.41) is 3.47. The summed E-state index contributed by atoms with van der Waals surface area (Å²) < 4.78 is 25.4. The zero-order chi connectivity index (χ0) is 14.0. The molecule has 1 aliphatic carbocycles. The number of sulfone groups is 1. The van der Waals surface area contributed by atoms with Gasteiger partial charge in [0.2, 0.25) is 0 Å². The molecule has 1 aromatic rings. The van der Waals surface area contributed by atoms with Crippen LogP contribution < -0.4 is 5.32 Å². The van der Waals surface area contributed by atoms with Crippen molar-refractivity contribution in [3.63, 3.8) is 0 Å². The molecule has 0 aromatic heterocycles. The van der Waals surface area contributed by atoms with Crippen LogP contribution in [0.25, 0.3) is 0 Å². The fourth-order valence-corrected chi connectivity index (χ4v) is 5.43. The van der Waals surface area contributed by atoms with E-state index in [1.165, 1.54) is 12.1 Å². The molecule has 0 spiro atoms. The molecule has 0 bridgehead atoms.